The van der Waals surface area contributed by atoms with Gasteiger partial charge in [-0.3, -0.25) is 4.79 Å². The van der Waals surface area contributed by atoms with Gasteiger partial charge >= 0.3 is 0 Å². The second-order valence-corrected chi connectivity index (χ2v) is 4.17. The first-order valence-corrected chi connectivity index (χ1v) is 5.68. The maximum absolute atomic E-state index is 13.4. The quantitative estimate of drug-likeness (QED) is 0.829. The predicted molar refractivity (Wildman–Crippen MR) is 70.2 cm³/mol. The molecule has 19 heavy (non-hydrogen) atoms. The molecule has 2 rings (SSSR count). The molecule has 0 atom stereocenters. The fourth-order valence-electron chi connectivity index (χ4n) is 1.57. The van der Waals surface area contributed by atoms with Gasteiger partial charge in [-0.2, -0.15) is 0 Å². The summed E-state index contributed by atoms with van der Waals surface area (Å²) in [5.74, 6) is -2.89. The number of halogens is 3. The molecule has 0 saturated carbocycles. The summed E-state index contributed by atoms with van der Waals surface area (Å²) in [6, 6.07) is 8.02. The molecule has 2 aromatic carbocycles. The van der Waals surface area contributed by atoms with E-state index < -0.39 is 17.5 Å². The van der Waals surface area contributed by atoms with Crippen molar-refractivity contribution in [3.8, 4) is 0 Å². The van der Waals surface area contributed by atoms with Crippen LogP contribution in [0, 0.1) is 11.6 Å². The molecule has 3 nitrogen and oxygen atoms in total. The number of hydrogen-bond donors (Lipinski definition) is 2. The molecule has 0 radical (unpaired) electrons. The van der Waals surface area contributed by atoms with E-state index in [0.29, 0.717) is 0 Å². The van der Waals surface area contributed by atoms with Gasteiger partial charge in [0.15, 0.2) is 11.6 Å². The molecule has 0 fully saturated rings. The van der Waals surface area contributed by atoms with Crippen molar-refractivity contribution in [3.05, 3.63) is 58.6 Å². The molecule has 0 aliphatic rings. The molecule has 0 aliphatic carbocycles. The number of rotatable bonds is 2. The van der Waals surface area contributed by atoms with Crippen molar-refractivity contribution in [1.82, 2.24) is 0 Å². The van der Waals surface area contributed by atoms with Crippen LogP contribution in [0.5, 0.6) is 0 Å². The summed E-state index contributed by atoms with van der Waals surface area (Å²) in [7, 11) is 0. The van der Waals surface area contributed by atoms with E-state index in [2.05, 4.69) is 5.32 Å². The molecule has 0 unspecified atom stereocenters. The summed E-state index contributed by atoms with van der Waals surface area (Å²) in [5, 5.41) is 2.36. The van der Waals surface area contributed by atoms with Crippen LogP contribution in [-0.4, -0.2) is 5.91 Å². The van der Waals surface area contributed by atoms with Crippen molar-refractivity contribution < 1.29 is 13.6 Å². The minimum absolute atomic E-state index is 0.0211. The minimum atomic E-state index is -1.14. The van der Waals surface area contributed by atoms with Crippen LogP contribution >= 0.6 is 11.6 Å². The van der Waals surface area contributed by atoms with Crippen molar-refractivity contribution in [2.45, 2.75) is 0 Å². The average molecular weight is 283 g/mol. The van der Waals surface area contributed by atoms with Crippen LogP contribution in [0.4, 0.5) is 20.2 Å². The first-order valence-electron chi connectivity index (χ1n) is 5.30. The van der Waals surface area contributed by atoms with Gasteiger partial charge in [-0.15, -0.1) is 0 Å². The Bertz CT molecular complexity index is 626. The number of hydrogen-bond acceptors (Lipinski definition) is 2. The Morgan fingerprint density at radius 3 is 2.53 bits per heavy atom. The second-order valence-electron chi connectivity index (χ2n) is 3.76. The standard InChI is InChI=1S/C13H9ClF2N2O/c14-7-3-1-5-9(17)11(7)13(19)18-10-6-2-4-8(15)12(10)16/h1-6H,17H2,(H,18,19). The SMILES string of the molecule is Nc1cccc(Cl)c1C(=O)Nc1cccc(F)c1F. The third-order valence-corrected chi connectivity index (χ3v) is 2.79. The molecule has 0 heterocycles. The van der Waals surface area contributed by atoms with E-state index in [1.54, 1.807) is 6.07 Å². The fourth-order valence-corrected chi connectivity index (χ4v) is 1.83. The van der Waals surface area contributed by atoms with Gasteiger partial charge in [-0.05, 0) is 24.3 Å². The Hall–Kier alpha value is -2.14. The Morgan fingerprint density at radius 1 is 1.16 bits per heavy atom. The van der Waals surface area contributed by atoms with Crippen molar-refractivity contribution in [1.29, 1.82) is 0 Å². The van der Waals surface area contributed by atoms with Gasteiger partial charge in [-0.1, -0.05) is 23.7 Å². The first-order chi connectivity index (χ1) is 9.00. The van der Waals surface area contributed by atoms with E-state index in [4.69, 9.17) is 17.3 Å². The van der Waals surface area contributed by atoms with Crippen molar-refractivity contribution in [3.63, 3.8) is 0 Å². The van der Waals surface area contributed by atoms with E-state index in [1.165, 1.54) is 24.3 Å². The zero-order valence-corrected chi connectivity index (χ0v) is 10.3. The third kappa shape index (κ3) is 2.66. The zero-order valence-electron chi connectivity index (χ0n) is 9.58. The Labute approximate surface area is 113 Å². The summed E-state index contributed by atoms with van der Waals surface area (Å²) in [6.45, 7) is 0. The molecular formula is C13H9ClF2N2O. The van der Waals surface area contributed by atoms with Crippen LogP contribution in [0.2, 0.25) is 5.02 Å². The molecule has 3 N–H and O–H groups in total. The third-order valence-electron chi connectivity index (χ3n) is 2.47. The molecule has 1 amide bonds. The van der Waals surface area contributed by atoms with E-state index in [1.807, 2.05) is 0 Å². The van der Waals surface area contributed by atoms with E-state index in [9.17, 15) is 13.6 Å². The van der Waals surface area contributed by atoms with Crippen molar-refractivity contribution >= 4 is 28.9 Å². The van der Waals surface area contributed by atoms with Gasteiger partial charge in [0.2, 0.25) is 0 Å². The maximum atomic E-state index is 13.4. The summed E-state index contributed by atoms with van der Waals surface area (Å²) in [5.41, 5.74) is 5.53. The van der Waals surface area contributed by atoms with Gasteiger partial charge in [-0.25, -0.2) is 8.78 Å². The van der Waals surface area contributed by atoms with E-state index in [0.717, 1.165) is 6.07 Å². The second kappa shape index (κ2) is 5.24. The Kier molecular flexibility index (Phi) is 3.66. The lowest BCUT2D eigenvalue weighted by Gasteiger charge is -2.09. The number of nitrogens with two attached hydrogens (primary N) is 1. The van der Waals surface area contributed by atoms with Gasteiger partial charge in [0.05, 0.1) is 16.3 Å². The number of nitrogen functional groups attached to an aromatic ring is 1. The lowest BCUT2D eigenvalue weighted by molar-refractivity contribution is 0.102. The largest absolute Gasteiger partial charge is 0.398 e. The van der Waals surface area contributed by atoms with Crippen LogP contribution in [0.3, 0.4) is 0 Å². The van der Waals surface area contributed by atoms with Crippen LogP contribution in [-0.2, 0) is 0 Å². The number of amides is 1. The van der Waals surface area contributed by atoms with Gasteiger partial charge in [0.1, 0.15) is 0 Å². The van der Waals surface area contributed by atoms with E-state index in [-0.39, 0.29) is 22.0 Å². The van der Waals surface area contributed by atoms with Gasteiger partial charge < -0.3 is 11.1 Å². The lowest BCUT2D eigenvalue weighted by Crippen LogP contribution is -2.15. The summed E-state index contributed by atoms with van der Waals surface area (Å²) in [6.07, 6.45) is 0. The summed E-state index contributed by atoms with van der Waals surface area (Å²) >= 11 is 5.85. The van der Waals surface area contributed by atoms with Crippen LogP contribution < -0.4 is 11.1 Å². The highest BCUT2D eigenvalue weighted by Gasteiger charge is 2.16. The molecule has 0 aromatic heterocycles. The molecular weight excluding hydrogens is 274 g/mol. The number of benzene rings is 2. The fraction of sp³-hybridized carbons (Fsp3) is 0. The smallest absolute Gasteiger partial charge is 0.259 e. The highest BCUT2D eigenvalue weighted by Crippen LogP contribution is 2.24. The number of anilines is 2. The van der Waals surface area contributed by atoms with Crippen LogP contribution in [0.1, 0.15) is 10.4 Å². The van der Waals surface area contributed by atoms with E-state index >= 15 is 0 Å². The van der Waals surface area contributed by atoms with Crippen molar-refractivity contribution in [2.24, 2.45) is 0 Å². The molecule has 0 bridgehead atoms. The molecule has 98 valence electrons. The summed E-state index contributed by atoms with van der Waals surface area (Å²) in [4.78, 5) is 12.0. The number of nitrogens with one attached hydrogen (secondary N) is 1. The predicted octanol–water partition coefficient (Wildman–Crippen LogP) is 3.45. The normalized spacial score (nSPS) is 10.3. The van der Waals surface area contributed by atoms with Crippen LogP contribution in [0.15, 0.2) is 36.4 Å². The number of carbonyl (C=O) groups excluding carboxylic acids is 1. The first kappa shape index (κ1) is 13.3. The Morgan fingerprint density at radius 2 is 1.84 bits per heavy atom. The lowest BCUT2D eigenvalue weighted by atomic mass is 10.1. The minimum Gasteiger partial charge on any atom is -0.398 e. The highest BCUT2D eigenvalue weighted by atomic mass is 35.5. The van der Waals surface area contributed by atoms with Gasteiger partial charge in [0.25, 0.3) is 5.91 Å². The van der Waals surface area contributed by atoms with Gasteiger partial charge in [0, 0.05) is 5.69 Å². The number of carbonyl (C=O) groups is 1. The topological polar surface area (TPSA) is 55.1 Å². The van der Waals surface area contributed by atoms with Crippen LogP contribution in [0.25, 0.3) is 0 Å². The summed E-state index contributed by atoms with van der Waals surface area (Å²) < 4.78 is 26.4. The molecule has 0 aliphatic heterocycles. The monoisotopic (exact) mass is 282 g/mol. The highest BCUT2D eigenvalue weighted by molar-refractivity contribution is 6.35. The Balaban J connectivity index is 2.34. The molecule has 0 spiro atoms. The molecule has 2 aromatic rings. The molecule has 6 heteroatoms. The maximum Gasteiger partial charge on any atom is 0.259 e. The molecule has 0 saturated heterocycles. The zero-order chi connectivity index (χ0) is 14.0. The average Bonchev–Trinajstić information content (AvgIpc) is 2.35. The van der Waals surface area contributed by atoms with Crippen molar-refractivity contribution in [2.75, 3.05) is 11.1 Å².